The summed E-state index contributed by atoms with van der Waals surface area (Å²) in [5.41, 5.74) is 15.8. The van der Waals surface area contributed by atoms with Crippen LogP contribution in [0.1, 0.15) is 64.9 Å². The summed E-state index contributed by atoms with van der Waals surface area (Å²) in [7, 11) is 0. The molecule has 1 aromatic carbocycles. The SMILES string of the molecule is CC(=O)NNC(=O)OCc1ccc(NC(=O)[C@H](CCCNC(N)=O)NC(=O)[C@@H](NC(=O)CCCCCN)C(C)C)cc1. The van der Waals surface area contributed by atoms with Gasteiger partial charge in [0.05, 0.1) is 0 Å². The van der Waals surface area contributed by atoms with Gasteiger partial charge in [-0.1, -0.05) is 32.4 Å². The van der Waals surface area contributed by atoms with Crippen molar-refractivity contribution in [2.45, 2.75) is 78.0 Å². The van der Waals surface area contributed by atoms with Gasteiger partial charge in [0.25, 0.3) is 0 Å². The van der Waals surface area contributed by atoms with Gasteiger partial charge in [0.15, 0.2) is 0 Å². The average molecular weight is 593 g/mol. The van der Waals surface area contributed by atoms with Gasteiger partial charge in [-0.2, -0.15) is 0 Å². The van der Waals surface area contributed by atoms with Crippen LogP contribution in [-0.4, -0.2) is 60.9 Å². The molecule has 0 heterocycles. The highest BCUT2D eigenvalue weighted by atomic mass is 16.6. The van der Waals surface area contributed by atoms with Gasteiger partial charge in [-0.05, 0) is 55.8 Å². The average Bonchev–Trinajstić information content (AvgIpc) is 2.93. The minimum absolute atomic E-state index is 0.0828. The molecular weight excluding hydrogens is 548 g/mol. The third-order valence-corrected chi connectivity index (χ3v) is 5.91. The van der Waals surface area contributed by atoms with Gasteiger partial charge >= 0.3 is 12.1 Å². The van der Waals surface area contributed by atoms with Crippen molar-refractivity contribution in [3.05, 3.63) is 29.8 Å². The van der Waals surface area contributed by atoms with Crippen LogP contribution in [-0.2, 0) is 30.5 Å². The Balaban J connectivity index is 2.83. The van der Waals surface area contributed by atoms with Crippen LogP contribution in [0.2, 0.25) is 0 Å². The van der Waals surface area contributed by atoms with Crippen molar-refractivity contribution in [3.63, 3.8) is 0 Å². The van der Waals surface area contributed by atoms with E-state index in [1.807, 2.05) is 0 Å². The maximum Gasteiger partial charge on any atom is 0.426 e. The van der Waals surface area contributed by atoms with E-state index in [9.17, 15) is 28.8 Å². The van der Waals surface area contributed by atoms with E-state index >= 15 is 0 Å². The topological polar surface area (TPSA) is 236 Å². The van der Waals surface area contributed by atoms with Crippen LogP contribution in [0, 0.1) is 5.92 Å². The summed E-state index contributed by atoms with van der Waals surface area (Å²) in [6.45, 7) is 5.48. The molecule has 15 heteroatoms. The molecule has 0 spiro atoms. The molecule has 0 radical (unpaired) electrons. The van der Waals surface area contributed by atoms with Gasteiger partial charge in [-0.25, -0.2) is 15.0 Å². The van der Waals surface area contributed by atoms with E-state index in [1.54, 1.807) is 38.1 Å². The van der Waals surface area contributed by atoms with Crippen LogP contribution in [0.15, 0.2) is 24.3 Å². The lowest BCUT2D eigenvalue weighted by atomic mass is 10.0. The monoisotopic (exact) mass is 592 g/mol. The van der Waals surface area contributed by atoms with Crippen LogP contribution in [0.5, 0.6) is 0 Å². The molecule has 0 saturated heterocycles. The van der Waals surface area contributed by atoms with E-state index in [0.717, 1.165) is 12.8 Å². The van der Waals surface area contributed by atoms with Crippen molar-refractivity contribution in [2.24, 2.45) is 17.4 Å². The fourth-order valence-electron chi connectivity index (χ4n) is 3.67. The molecule has 10 N–H and O–H groups in total. The summed E-state index contributed by atoms with van der Waals surface area (Å²) in [4.78, 5) is 72.2. The number of urea groups is 1. The standard InChI is InChI=1S/C27H44N8O7/c1-17(2)23(33-22(37)9-5-4-6-14-28)25(39)32-21(8-7-15-30-26(29)40)24(38)31-20-12-10-19(11-13-20)16-42-27(41)35-34-18(3)36/h10-13,17,21,23H,4-9,14-16,28H2,1-3H3,(H,31,38)(H,32,39)(H,33,37)(H,34,36)(H,35,41)(H3,29,30,40)/t21-,23-/m0/s1. The molecule has 234 valence electrons. The second-order valence-electron chi connectivity index (χ2n) is 9.95. The third kappa shape index (κ3) is 15.4. The minimum atomic E-state index is -0.977. The Morgan fingerprint density at radius 3 is 2.17 bits per heavy atom. The smallest absolute Gasteiger partial charge is 0.426 e. The Kier molecular flexibility index (Phi) is 16.7. The lowest BCUT2D eigenvalue weighted by Gasteiger charge is -2.25. The first-order valence-corrected chi connectivity index (χ1v) is 13.8. The molecule has 2 atom stereocenters. The number of ether oxygens (including phenoxy) is 1. The number of primary amides is 1. The summed E-state index contributed by atoms with van der Waals surface area (Å²) in [5.74, 6) is -1.97. The Bertz CT molecular complexity index is 1050. The summed E-state index contributed by atoms with van der Waals surface area (Å²) in [5, 5.41) is 10.7. The fraction of sp³-hybridized carbons (Fsp3) is 0.556. The van der Waals surface area contributed by atoms with Crippen LogP contribution >= 0.6 is 0 Å². The highest BCUT2D eigenvalue weighted by molar-refractivity contribution is 5.98. The summed E-state index contributed by atoms with van der Waals surface area (Å²) < 4.78 is 4.98. The van der Waals surface area contributed by atoms with Gasteiger partial charge < -0.3 is 37.5 Å². The van der Waals surface area contributed by atoms with Gasteiger partial charge in [0, 0.05) is 25.6 Å². The predicted molar refractivity (Wildman–Crippen MR) is 155 cm³/mol. The molecule has 0 unspecified atom stereocenters. The van der Waals surface area contributed by atoms with Gasteiger partial charge in [0.1, 0.15) is 18.7 Å². The molecule has 0 aliphatic carbocycles. The highest BCUT2D eigenvalue weighted by Crippen LogP contribution is 2.13. The van der Waals surface area contributed by atoms with Crippen LogP contribution in [0.3, 0.4) is 0 Å². The second-order valence-corrected chi connectivity index (χ2v) is 9.95. The molecule has 0 aromatic heterocycles. The maximum atomic E-state index is 13.2. The van der Waals surface area contributed by atoms with Crippen molar-refractivity contribution in [1.82, 2.24) is 26.8 Å². The number of amides is 7. The molecule has 15 nitrogen and oxygen atoms in total. The lowest BCUT2D eigenvalue weighted by molar-refractivity contribution is -0.132. The Morgan fingerprint density at radius 1 is 0.881 bits per heavy atom. The van der Waals surface area contributed by atoms with E-state index < -0.39 is 41.9 Å². The van der Waals surface area contributed by atoms with E-state index in [0.29, 0.717) is 30.6 Å². The molecule has 0 fully saturated rings. The number of unbranched alkanes of at least 4 members (excludes halogenated alkanes) is 2. The molecule has 0 bridgehead atoms. The van der Waals surface area contributed by atoms with E-state index in [-0.39, 0.29) is 37.8 Å². The van der Waals surface area contributed by atoms with E-state index in [1.165, 1.54) is 6.92 Å². The molecule has 0 aliphatic rings. The number of nitrogens with one attached hydrogen (secondary N) is 6. The van der Waals surface area contributed by atoms with Crippen molar-refractivity contribution in [2.75, 3.05) is 18.4 Å². The normalized spacial score (nSPS) is 11.9. The molecule has 42 heavy (non-hydrogen) atoms. The van der Waals surface area contributed by atoms with Crippen LogP contribution < -0.4 is 43.6 Å². The number of carbonyl (C=O) groups excluding carboxylic acids is 6. The van der Waals surface area contributed by atoms with Crippen molar-refractivity contribution >= 4 is 41.4 Å². The number of carbonyl (C=O) groups is 6. The lowest BCUT2D eigenvalue weighted by Crippen LogP contribution is -2.54. The Labute approximate surface area is 245 Å². The molecule has 1 aromatic rings. The highest BCUT2D eigenvalue weighted by Gasteiger charge is 2.28. The fourth-order valence-corrected chi connectivity index (χ4v) is 3.67. The zero-order chi connectivity index (χ0) is 31.5. The van der Waals surface area contributed by atoms with Gasteiger partial charge in [0.2, 0.25) is 23.6 Å². The van der Waals surface area contributed by atoms with Crippen LogP contribution in [0.25, 0.3) is 0 Å². The number of anilines is 1. The Morgan fingerprint density at radius 2 is 1.57 bits per heavy atom. The van der Waals surface area contributed by atoms with E-state index in [2.05, 4.69) is 32.1 Å². The van der Waals surface area contributed by atoms with Crippen molar-refractivity contribution in [1.29, 1.82) is 0 Å². The first-order valence-electron chi connectivity index (χ1n) is 13.8. The number of hydrazine groups is 1. The van der Waals surface area contributed by atoms with Gasteiger partial charge in [-0.3, -0.25) is 24.6 Å². The largest absolute Gasteiger partial charge is 0.443 e. The van der Waals surface area contributed by atoms with E-state index in [4.69, 9.17) is 16.2 Å². The molecule has 1 rings (SSSR count). The zero-order valence-electron chi connectivity index (χ0n) is 24.4. The number of nitrogens with two attached hydrogens (primary N) is 2. The summed E-state index contributed by atoms with van der Waals surface area (Å²) >= 11 is 0. The predicted octanol–water partition coefficient (Wildman–Crippen LogP) is 0.496. The number of hydrogen-bond donors (Lipinski definition) is 8. The van der Waals surface area contributed by atoms with Crippen molar-refractivity contribution < 1.29 is 33.5 Å². The summed E-state index contributed by atoms with van der Waals surface area (Å²) in [6.07, 6.45) is 2.24. The summed E-state index contributed by atoms with van der Waals surface area (Å²) in [6, 6.07) is 3.91. The van der Waals surface area contributed by atoms with Crippen molar-refractivity contribution in [3.8, 4) is 0 Å². The van der Waals surface area contributed by atoms with Gasteiger partial charge in [-0.15, -0.1) is 0 Å². The maximum absolute atomic E-state index is 13.2. The third-order valence-electron chi connectivity index (χ3n) is 5.91. The first-order chi connectivity index (χ1) is 19.9. The van der Waals surface area contributed by atoms with Crippen LogP contribution in [0.4, 0.5) is 15.3 Å². The first kappa shape index (κ1) is 35.6. The second kappa shape index (κ2) is 19.6. The quantitative estimate of drug-likeness (QED) is 0.0934. The number of hydrogen-bond acceptors (Lipinski definition) is 8. The molecule has 0 aliphatic heterocycles. The molecule has 7 amide bonds. The minimum Gasteiger partial charge on any atom is -0.443 e. The Hall–Kier alpha value is -4.40. The number of rotatable bonds is 17. The molecule has 0 saturated carbocycles. The molecular formula is C27H44N8O7. The number of benzene rings is 1. The zero-order valence-corrected chi connectivity index (χ0v) is 24.4.